The molecular formula is C41H70O4Si2. The van der Waals surface area contributed by atoms with Crippen molar-refractivity contribution in [2.75, 3.05) is 13.9 Å². The van der Waals surface area contributed by atoms with Crippen molar-refractivity contribution < 1.29 is 18.3 Å². The molecule has 47 heavy (non-hydrogen) atoms. The molecule has 0 saturated heterocycles. The molecule has 3 saturated carbocycles. The van der Waals surface area contributed by atoms with Gasteiger partial charge in [0, 0.05) is 13.5 Å². The van der Waals surface area contributed by atoms with E-state index in [1.165, 1.54) is 49.7 Å². The molecular weight excluding hydrogens is 613 g/mol. The molecule has 266 valence electrons. The Balaban J connectivity index is 1.55. The van der Waals surface area contributed by atoms with E-state index >= 15 is 0 Å². The molecule has 0 heterocycles. The van der Waals surface area contributed by atoms with E-state index in [-0.39, 0.29) is 27.9 Å². The van der Waals surface area contributed by atoms with Gasteiger partial charge in [-0.1, -0.05) is 84.1 Å². The van der Waals surface area contributed by atoms with Crippen molar-refractivity contribution in [2.24, 2.45) is 17.3 Å². The Hall–Kier alpha value is -1.03. The van der Waals surface area contributed by atoms with Crippen LogP contribution in [0, 0.1) is 17.3 Å². The maximum absolute atomic E-state index is 7.10. The van der Waals surface area contributed by atoms with Gasteiger partial charge in [-0.05, 0) is 135 Å². The van der Waals surface area contributed by atoms with Gasteiger partial charge in [0.15, 0.2) is 16.6 Å². The fourth-order valence-corrected chi connectivity index (χ4v) is 10.8. The summed E-state index contributed by atoms with van der Waals surface area (Å²) in [5, 5.41) is 0.328. The van der Waals surface area contributed by atoms with Crippen LogP contribution >= 0.6 is 0 Å². The predicted octanol–water partition coefficient (Wildman–Crippen LogP) is 11.8. The van der Waals surface area contributed by atoms with Crippen LogP contribution in [0.4, 0.5) is 0 Å². The molecule has 0 bridgehead atoms. The predicted molar refractivity (Wildman–Crippen MR) is 205 cm³/mol. The maximum atomic E-state index is 7.10. The first kappa shape index (κ1) is 38.8. The standard InChI is InChI=1S/C41H70O4Si2/c1-30-33(27-34(44-46(11,12)38(2,3)4)28-37(30)45-47(13,14)39(5,6)7)20-19-31-18-16-25-41-26-23-32(36(41)22-21-35(31)41)17-15-24-40(8,9)43-29-42-10/h15,17,19-20,23,34-37H,1,16,18,21-22,24-29H2,2-14H3/b17-15+,31-19+,33-20-/t34-,35+,36-,37+,41-/m1/s1. The van der Waals surface area contributed by atoms with Crippen LogP contribution in [0.1, 0.15) is 113 Å². The highest BCUT2D eigenvalue weighted by atomic mass is 28.4. The van der Waals surface area contributed by atoms with E-state index in [9.17, 15) is 0 Å². The molecule has 0 amide bonds. The third-order valence-electron chi connectivity index (χ3n) is 13.0. The third-order valence-corrected chi connectivity index (χ3v) is 22.1. The average molecular weight is 683 g/mol. The highest BCUT2D eigenvalue weighted by Crippen LogP contribution is 2.64. The lowest BCUT2D eigenvalue weighted by molar-refractivity contribution is -0.112. The number of hydrogen-bond donors (Lipinski definition) is 0. The normalized spacial score (nSPS) is 31.2. The molecule has 0 N–H and O–H groups in total. The van der Waals surface area contributed by atoms with Crippen molar-refractivity contribution >= 4 is 16.6 Å². The summed E-state index contributed by atoms with van der Waals surface area (Å²) in [4.78, 5) is 0. The van der Waals surface area contributed by atoms with Gasteiger partial charge in [-0.25, -0.2) is 0 Å². The highest BCUT2D eigenvalue weighted by Gasteiger charge is 2.54. The number of methoxy groups -OCH3 is 1. The van der Waals surface area contributed by atoms with Crippen LogP contribution in [0.5, 0.6) is 0 Å². The highest BCUT2D eigenvalue weighted by molar-refractivity contribution is 6.74. The van der Waals surface area contributed by atoms with E-state index in [1.54, 1.807) is 18.3 Å². The second kappa shape index (κ2) is 14.3. The van der Waals surface area contributed by atoms with Gasteiger partial charge in [0.2, 0.25) is 0 Å². The van der Waals surface area contributed by atoms with Gasteiger partial charge in [0.25, 0.3) is 0 Å². The van der Waals surface area contributed by atoms with Gasteiger partial charge in [0.1, 0.15) is 6.79 Å². The largest absolute Gasteiger partial charge is 0.413 e. The number of rotatable bonds is 11. The van der Waals surface area contributed by atoms with Gasteiger partial charge in [-0.15, -0.1) is 0 Å². The fourth-order valence-electron chi connectivity index (χ4n) is 8.09. The molecule has 3 fully saturated rings. The maximum Gasteiger partial charge on any atom is 0.192 e. The molecule has 0 aromatic rings. The third kappa shape index (κ3) is 8.65. The average Bonchev–Trinajstić information content (AvgIpc) is 3.48. The van der Waals surface area contributed by atoms with E-state index in [2.05, 4.69) is 112 Å². The molecule has 0 unspecified atom stereocenters. The zero-order valence-corrected chi connectivity index (χ0v) is 34.6. The van der Waals surface area contributed by atoms with Crippen molar-refractivity contribution in [1.82, 2.24) is 0 Å². The molecule has 0 aromatic carbocycles. The number of ether oxygens (including phenoxy) is 2. The molecule has 1 spiro atoms. The lowest BCUT2D eigenvalue weighted by Crippen LogP contribution is -2.49. The summed E-state index contributed by atoms with van der Waals surface area (Å²) in [7, 11) is -2.23. The van der Waals surface area contributed by atoms with Crippen LogP contribution in [-0.2, 0) is 18.3 Å². The van der Waals surface area contributed by atoms with Gasteiger partial charge in [-0.2, -0.15) is 0 Å². The van der Waals surface area contributed by atoms with Crippen LogP contribution < -0.4 is 0 Å². The molecule has 6 heteroatoms. The molecule has 4 aliphatic carbocycles. The minimum Gasteiger partial charge on any atom is -0.413 e. The van der Waals surface area contributed by atoms with E-state index in [0.717, 1.165) is 19.3 Å². The summed E-state index contributed by atoms with van der Waals surface area (Å²) in [6, 6.07) is 0. The molecule has 0 radical (unpaired) electrons. The van der Waals surface area contributed by atoms with E-state index < -0.39 is 16.6 Å². The lowest BCUT2D eigenvalue weighted by Gasteiger charge is -2.45. The molecule has 4 aliphatic rings. The van der Waals surface area contributed by atoms with Gasteiger partial charge >= 0.3 is 0 Å². The summed E-state index contributed by atoms with van der Waals surface area (Å²) in [5.74, 6) is 1.36. The molecule has 4 rings (SSSR count). The Morgan fingerprint density at radius 2 is 1.55 bits per heavy atom. The molecule has 0 aromatic heterocycles. The smallest absolute Gasteiger partial charge is 0.192 e. The second-order valence-electron chi connectivity index (χ2n) is 18.9. The minimum atomic E-state index is -1.98. The summed E-state index contributed by atoms with van der Waals surface area (Å²) in [5.41, 5.74) is 5.94. The lowest BCUT2D eigenvalue weighted by atomic mass is 9.62. The Kier molecular flexibility index (Phi) is 11.8. The summed E-state index contributed by atoms with van der Waals surface area (Å²) in [6.45, 7) is 32.9. The van der Waals surface area contributed by atoms with Crippen molar-refractivity contribution in [3.8, 4) is 0 Å². The summed E-state index contributed by atoms with van der Waals surface area (Å²) in [6.07, 6.45) is 22.9. The first-order valence-corrected chi connectivity index (χ1v) is 24.4. The van der Waals surface area contributed by atoms with Crippen molar-refractivity contribution in [2.45, 2.75) is 167 Å². The number of hydrogen-bond acceptors (Lipinski definition) is 4. The van der Waals surface area contributed by atoms with Gasteiger partial charge in [-0.3, -0.25) is 0 Å². The van der Waals surface area contributed by atoms with Gasteiger partial charge < -0.3 is 18.3 Å². The van der Waals surface area contributed by atoms with Crippen molar-refractivity contribution in [3.05, 3.63) is 59.3 Å². The van der Waals surface area contributed by atoms with Gasteiger partial charge in [0.05, 0.1) is 17.8 Å². The van der Waals surface area contributed by atoms with Crippen molar-refractivity contribution in [1.29, 1.82) is 0 Å². The minimum absolute atomic E-state index is 0.0240. The first-order valence-electron chi connectivity index (χ1n) is 18.6. The topological polar surface area (TPSA) is 36.9 Å². The quantitative estimate of drug-likeness (QED) is 0.161. The second-order valence-corrected chi connectivity index (χ2v) is 28.4. The zero-order chi connectivity index (χ0) is 35.1. The Morgan fingerprint density at radius 1 is 0.915 bits per heavy atom. The SMILES string of the molecule is C=C1/C(=C\C=C2/CCC[C@]34CC=C(/C=C/CC(C)(C)OCOC)[C@H]3CC[C@@H]24)C[C@@H](O[Si](C)(C)C(C)(C)C)C[C@@H]1O[Si](C)(C)C(C)(C)C. The number of allylic oxidation sites excluding steroid dienone is 6. The Morgan fingerprint density at radius 3 is 2.19 bits per heavy atom. The first-order chi connectivity index (χ1) is 21.6. The summed E-state index contributed by atoms with van der Waals surface area (Å²) < 4.78 is 25.2. The zero-order valence-electron chi connectivity index (χ0n) is 32.6. The summed E-state index contributed by atoms with van der Waals surface area (Å²) >= 11 is 0. The van der Waals surface area contributed by atoms with Crippen LogP contribution in [0.2, 0.25) is 36.3 Å². The van der Waals surface area contributed by atoms with Crippen LogP contribution in [0.25, 0.3) is 0 Å². The fraction of sp³-hybridized carbons (Fsp3) is 0.756. The molecule has 5 atom stereocenters. The van der Waals surface area contributed by atoms with Crippen molar-refractivity contribution in [3.63, 3.8) is 0 Å². The van der Waals surface area contributed by atoms with Crippen LogP contribution in [0.3, 0.4) is 0 Å². The Labute approximate surface area is 291 Å². The molecule has 0 aliphatic heterocycles. The molecule has 4 nitrogen and oxygen atoms in total. The Bertz CT molecular complexity index is 1250. The monoisotopic (exact) mass is 682 g/mol. The van der Waals surface area contributed by atoms with E-state index in [0.29, 0.717) is 24.0 Å². The van der Waals surface area contributed by atoms with Crippen LogP contribution in [-0.4, -0.2) is 48.3 Å². The van der Waals surface area contributed by atoms with E-state index in [1.807, 2.05) is 0 Å². The van der Waals surface area contributed by atoms with Crippen LogP contribution in [0.15, 0.2) is 59.3 Å². The van der Waals surface area contributed by atoms with E-state index in [4.69, 9.17) is 24.9 Å².